The van der Waals surface area contributed by atoms with Crippen LogP contribution in [0, 0.1) is 13.8 Å². The van der Waals surface area contributed by atoms with Gasteiger partial charge in [-0.05, 0) is 37.6 Å². The Morgan fingerprint density at radius 1 is 1.22 bits per heavy atom. The van der Waals surface area contributed by atoms with E-state index in [0.717, 1.165) is 25.6 Å². The van der Waals surface area contributed by atoms with E-state index in [2.05, 4.69) is 35.8 Å². The third-order valence-corrected chi connectivity index (χ3v) is 5.56. The van der Waals surface area contributed by atoms with Crippen LogP contribution in [0.1, 0.15) is 10.4 Å². The average Bonchev–Trinajstić information content (AvgIpc) is 2.80. The number of aryl methyl sites for hydroxylation is 1. The van der Waals surface area contributed by atoms with Gasteiger partial charge < -0.3 is 5.73 Å². The van der Waals surface area contributed by atoms with Crippen molar-refractivity contribution in [2.45, 2.75) is 13.8 Å². The Morgan fingerprint density at radius 3 is 2.67 bits per heavy atom. The quantitative estimate of drug-likeness (QED) is 0.679. The van der Waals surface area contributed by atoms with Crippen LogP contribution in [-0.2, 0) is 0 Å². The van der Waals surface area contributed by atoms with Gasteiger partial charge in [-0.2, -0.15) is 0 Å². The van der Waals surface area contributed by atoms with E-state index < -0.39 is 0 Å². The molecule has 2 nitrogen and oxygen atoms in total. The first-order valence-electron chi connectivity index (χ1n) is 5.48. The summed E-state index contributed by atoms with van der Waals surface area (Å²) in [7, 11) is 0. The fourth-order valence-electron chi connectivity index (χ4n) is 1.93. The number of benzene rings is 1. The predicted molar refractivity (Wildman–Crippen MR) is 84.5 cm³/mol. The lowest BCUT2D eigenvalue weighted by atomic mass is 10.2. The molecule has 0 amide bonds. The second-order valence-corrected chi connectivity index (χ2v) is 7.36. The second kappa shape index (κ2) is 4.33. The van der Waals surface area contributed by atoms with Crippen LogP contribution in [0.15, 0.2) is 22.7 Å². The zero-order chi connectivity index (χ0) is 12.9. The number of rotatable bonds is 1. The first-order chi connectivity index (χ1) is 8.56. The standard InChI is InChI=1S/C13H11BrN2S2/c1-6-7(2)17-12(15)11(6)13-16-9-5-8(14)3-4-10(9)18-13/h3-5H,15H2,1-2H3. The van der Waals surface area contributed by atoms with Gasteiger partial charge in [0.05, 0.1) is 15.2 Å². The molecule has 2 aromatic heterocycles. The highest BCUT2D eigenvalue weighted by Crippen LogP contribution is 2.41. The molecule has 0 atom stereocenters. The number of halogens is 1. The van der Waals surface area contributed by atoms with Crippen LogP contribution in [0.5, 0.6) is 0 Å². The maximum atomic E-state index is 6.10. The van der Waals surface area contributed by atoms with Crippen LogP contribution < -0.4 is 5.73 Å². The van der Waals surface area contributed by atoms with E-state index in [1.807, 2.05) is 12.1 Å². The maximum Gasteiger partial charge on any atom is 0.127 e. The molecule has 3 rings (SSSR count). The highest BCUT2D eigenvalue weighted by atomic mass is 79.9. The molecule has 0 aliphatic rings. The van der Waals surface area contributed by atoms with Crippen molar-refractivity contribution >= 4 is 53.8 Å². The highest BCUT2D eigenvalue weighted by molar-refractivity contribution is 9.10. The van der Waals surface area contributed by atoms with Crippen molar-refractivity contribution in [2.75, 3.05) is 5.73 Å². The predicted octanol–water partition coefficient (Wildman–Crippen LogP) is 4.99. The Bertz CT molecular complexity index is 743. The number of hydrogen-bond donors (Lipinski definition) is 1. The molecule has 18 heavy (non-hydrogen) atoms. The van der Waals surface area contributed by atoms with Crippen molar-refractivity contribution in [1.29, 1.82) is 0 Å². The molecule has 2 N–H and O–H groups in total. The fourth-order valence-corrected chi connectivity index (χ4v) is 4.34. The summed E-state index contributed by atoms with van der Waals surface area (Å²) in [6.45, 7) is 4.21. The van der Waals surface area contributed by atoms with Gasteiger partial charge in [0.2, 0.25) is 0 Å². The lowest BCUT2D eigenvalue weighted by Crippen LogP contribution is -1.85. The molecule has 0 spiro atoms. The van der Waals surface area contributed by atoms with Crippen molar-refractivity contribution in [3.63, 3.8) is 0 Å². The van der Waals surface area contributed by atoms with E-state index in [0.29, 0.717) is 0 Å². The van der Waals surface area contributed by atoms with Gasteiger partial charge in [-0.25, -0.2) is 4.98 Å². The summed E-state index contributed by atoms with van der Waals surface area (Å²) in [5.41, 5.74) is 9.47. The Balaban J connectivity index is 2.25. The lowest BCUT2D eigenvalue weighted by molar-refractivity contribution is 1.41. The molecule has 5 heteroatoms. The maximum absolute atomic E-state index is 6.10. The monoisotopic (exact) mass is 338 g/mol. The number of anilines is 1. The number of aromatic nitrogens is 1. The molecule has 0 bridgehead atoms. The summed E-state index contributed by atoms with van der Waals surface area (Å²) in [5, 5.41) is 1.88. The average molecular weight is 339 g/mol. The summed E-state index contributed by atoms with van der Waals surface area (Å²) in [4.78, 5) is 5.96. The van der Waals surface area contributed by atoms with Gasteiger partial charge in [-0.3, -0.25) is 0 Å². The lowest BCUT2D eigenvalue weighted by Gasteiger charge is -1.96. The summed E-state index contributed by atoms with van der Waals surface area (Å²) in [6, 6.07) is 6.17. The van der Waals surface area contributed by atoms with Gasteiger partial charge in [0.25, 0.3) is 0 Å². The number of fused-ring (bicyclic) bond motifs is 1. The number of nitrogens with zero attached hydrogens (tertiary/aromatic N) is 1. The van der Waals surface area contributed by atoms with Gasteiger partial charge in [-0.1, -0.05) is 15.9 Å². The Morgan fingerprint density at radius 2 is 2.00 bits per heavy atom. The van der Waals surface area contributed by atoms with Crippen LogP contribution in [0.4, 0.5) is 5.00 Å². The van der Waals surface area contributed by atoms with Gasteiger partial charge in [0.15, 0.2) is 0 Å². The van der Waals surface area contributed by atoms with E-state index in [1.165, 1.54) is 15.1 Å². The molecular weight excluding hydrogens is 328 g/mol. The second-order valence-electron chi connectivity index (χ2n) is 4.15. The molecular formula is C13H11BrN2S2. The van der Waals surface area contributed by atoms with E-state index in [9.17, 15) is 0 Å². The summed E-state index contributed by atoms with van der Waals surface area (Å²) in [6.07, 6.45) is 0. The molecule has 2 heterocycles. The van der Waals surface area contributed by atoms with E-state index in [1.54, 1.807) is 22.7 Å². The van der Waals surface area contributed by atoms with Crippen LogP contribution >= 0.6 is 38.6 Å². The van der Waals surface area contributed by atoms with Crippen LogP contribution in [0.2, 0.25) is 0 Å². The van der Waals surface area contributed by atoms with Crippen molar-refractivity contribution < 1.29 is 0 Å². The Labute approximate surface area is 122 Å². The smallest absolute Gasteiger partial charge is 0.127 e. The Kier molecular flexibility index (Phi) is 2.92. The molecule has 92 valence electrons. The summed E-state index contributed by atoms with van der Waals surface area (Å²) in [5.74, 6) is 0. The third-order valence-electron chi connectivity index (χ3n) is 2.98. The van der Waals surface area contributed by atoms with E-state index >= 15 is 0 Å². The van der Waals surface area contributed by atoms with E-state index in [4.69, 9.17) is 10.7 Å². The van der Waals surface area contributed by atoms with Crippen LogP contribution in [0.3, 0.4) is 0 Å². The zero-order valence-electron chi connectivity index (χ0n) is 9.95. The number of nitrogens with two attached hydrogens (primary N) is 1. The van der Waals surface area contributed by atoms with Gasteiger partial charge in [0.1, 0.15) is 5.01 Å². The molecule has 0 saturated heterocycles. The Hall–Kier alpha value is -0.910. The summed E-state index contributed by atoms with van der Waals surface area (Å²) < 4.78 is 2.24. The van der Waals surface area contributed by atoms with Crippen molar-refractivity contribution in [2.24, 2.45) is 0 Å². The highest BCUT2D eigenvalue weighted by Gasteiger charge is 2.16. The minimum absolute atomic E-state index is 0.864. The van der Waals surface area contributed by atoms with Gasteiger partial charge in [-0.15, -0.1) is 22.7 Å². The normalized spacial score (nSPS) is 11.3. The number of hydrogen-bond acceptors (Lipinski definition) is 4. The molecule has 0 aliphatic heterocycles. The van der Waals surface area contributed by atoms with Crippen molar-refractivity contribution in [3.8, 4) is 10.6 Å². The SMILES string of the molecule is Cc1sc(N)c(-c2nc3cc(Br)ccc3s2)c1C. The number of nitrogen functional groups attached to an aromatic ring is 1. The number of thiophene rings is 1. The van der Waals surface area contributed by atoms with Crippen molar-refractivity contribution in [1.82, 2.24) is 4.98 Å². The fraction of sp³-hybridized carbons (Fsp3) is 0.154. The topological polar surface area (TPSA) is 38.9 Å². The first kappa shape index (κ1) is 12.1. The molecule has 1 aromatic carbocycles. The van der Waals surface area contributed by atoms with Gasteiger partial charge in [0, 0.05) is 14.9 Å². The zero-order valence-corrected chi connectivity index (χ0v) is 13.2. The largest absolute Gasteiger partial charge is 0.390 e. The third kappa shape index (κ3) is 1.86. The molecule has 0 fully saturated rings. The number of thiazole rings is 1. The van der Waals surface area contributed by atoms with Crippen LogP contribution in [-0.4, -0.2) is 4.98 Å². The van der Waals surface area contributed by atoms with E-state index in [-0.39, 0.29) is 0 Å². The minimum atomic E-state index is 0.864. The molecule has 0 aliphatic carbocycles. The van der Waals surface area contributed by atoms with Crippen LogP contribution in [0.25, 0.3) is 20.8 Å². The minimum Gasteiger partial charge on any atom is -0.390 e. The van der Waals surface area contributed by atoms with Crippen molar-refractivity contribution in [3.05, 3.63) is 33.1 Å². The molecule has 0 radical (unpaired) electrons. The van der Waals surface area contributed by atoms with Gasteiger partial charge >= 0.3 is 0 Å². The molecule has 0 unspecified atom stereocenters. The first-order valence-corrected chi connectivity index (χ1v) is 7.91. The molecule has 0 saturated carbocycles. The molecule has 3 aromatic rings. The summed E-state index contributed by atoms with van der Waals surface area (Å²) >= 11 is 6.81.